The topological polar surface area (TPSA) is 100 Å². The van der Waals surface area contributed by atoms with Crippen LogP contribution in [0.15, 0.2) is 41.1 Å². The first-order valence-corrected chi connectivity index (χ1v) is 11.5. The Bertz CT molecular complexity index is 1160. The minimum Gasteiger partial charge on any atom is -0.465 e. The Labute approximate surface area is 208 Å². The van der Waals surface area contributed by atoms with Gasteiger partial charge in [-0.3, -0.25) is 9.69 Å². The van der Waals surface area contributed by atoms with Crippen molar-refractivity contribution in [3.05, 3.63) is 61.9 Å². The van der Waals surface area contributed by atoms with Crippen LogP contribution in [0.25, 0.3) is 5.82 Å². The minimum atomic E-state index is -1.23. The van der Waals surface area contributed by atoms with E-state index in [1.807, 2.05) is 0 Å². The van der Waals surface area contributed by atoms with Gasteiger partial charge in [-0.2, -0.15) is 5.10 Å². The van der Waals surface area contributed by atoms with Gasteiger partial charge < -0.3 is 10.4 Å². The zero-order valence-corrected chi connectivity index (χ0v) is 20.8. The summed E-state index contributed by atoms with van der Waals surface area (Å²) >= 11 is 25.0. The Morgan fingerprint density at radius 2 is 1.94 bits per heavy atom. The zero-order chi connectivity index (χ0) is 22.7. The molecule has 0 saturated heterocycles. The van der Waals surface area contributed by atoms with Crippen LogP contribution in [0.5, 0.6) is 0 Å². The molecule has 2 aromatic heterocycles. The number of carbonyl (C=O) groups excluding carboxylic acids is 1. The predicted molar refractivity (Wildman–Crippen MR) is 128 cm³/mol. The molecule has 0 saturated carbocycles. The van der Waals surface area contributed by atoms with Crippen LogP contribution < -0.4 is 10.2 Å². The summed E-state index contributed by atoms with van der Waals surface area (Å²) in [5, 5.41) is 17.4. The van der Waals surface area contributed by atoms with Gasteiger partial charge in [0.25, 0.3) is 5.91 Å². The molecule has 0 bridgehead atoms. The highest BCUT2D eigenvalue weighted by atomic mass is 79.9. The molecule has 162 valence electrons. The van der Waals surface area contributed by atoms with Crippen molar-refractivity contribution in [2.45, 2.75) is 0 Å². The smallest absolute Gasteiger partial charge is 0.411 e. The van der Waals surface area contributed by atoms with E-state index in [1.165, 1.54) is 29.1 Å². The number of carbonyl (C=O) groups is 2. The van der Waals surface area contributed by atoms with E-state index < -0.39 is 12.0 Å². The van der Waals surface area contributed by atoms with E-state index in [0.717, 1.165) is 4.90 Å². The number of aromatic nitrogens is 3. The lowest BCUT2D eigenvalue weighted by molar-refractivity contribution is 0.101. The standard InChI is InChI=1S/C18H12Br2Cl3N5O3/c19-3-5-27(18(30)31)12-7-9(21)6-11(23)15(12)25-17(29)13-8-14(20)26-28(13)16-10(22)2-1-4-24-16/h1-2,4,6-8H,3,5H2,(H,25,29)(H,30,31). The molecule has 31 heavy (non-hydrogen) atoms. The maximum absolute atomic E-state index is 13.1. The van der Waals surface area contributed by atoms with Gasteiger partial charge in [-0.1, -0.05) is 50.7 Å². The highest BCUT2D eigenvalue weighted by Gasteiger charge is 2.24. The van der Waals surface area contributed by atoms with Gasteiger partial charge >= 0.3 is 6.09 Å². The molecule has 0 fully saturated rings. The second-order valence-electron chi connectivity index (χ2n) is 5.93. The summed E-state index contributed by atoms with van der Waals surface area (Å²) in [7, 11) is 0. The lowest BCUT2D eigenvalue weighted by Crippen LogP contribution is -2.32. The van der Waals surface area contributed by atoms with Crippen LogP contribution in [-0.4, -0.2) is 43.7 Å². The van der Waals surface area contributed by atoms with Gasteiger partial charge in [-0.25, -0.2) is 14.5 Å². The van der Waals surface area contributed by atoms with Crippen LogP contribution in [0.1, 0.15) is 10.5 Å². The van der Waals surface area contributed by atoms with E-state index in [4.69, 9.17) is 34.8 Å². The molecule has 0 unspecified atom stereocenters. The van der Waals surface area contributed by atoms with Gasteiger partial charge in [0.1, 0.15) is 10.3 Å². The number of halogens is 5. The zero-order valence-electron chi connectivity index (χ0n) is 15.3. The average Bonchev–Trinajstić information content (AvgIpc) is 3.09. The summed E-state index contributed by atoms with van der Waals surface area (Å²) in [6.07, 6.45) is 0.277. The maximum atomic E-state index is 13.1. The first-order chi connectivity index (χ1) is 14.7. The molecule has 1 aromatic carbocycles. The van der Waals surface area contributed by atoms with Crippen molar-refractivity contribution < 1.29 is 14.7 Å². The van der Waals surface area contributed by atoms with Crippen molar-refractivity contribution in [2.75, 3.05) is 22.1 Å². The van der Waals surface area contributed by atoms with E-state index in [9.17, 15) is 14.7 Å². The van der Waals surface area contributed by atoms with Crippen LogP contribution in [0.4, 0.5) is 16.2 Å². The molecule has 8 nitrogen and oxygen atoms in total. The number of anilines is 2. The fourth-order valence-corrected chi connectivity index (χ4v) is 4.15. The summed E-state index contributed by atoms with van der Waals surface area (Å²) in [4.78, 5) is 30.1. The summed E-state index contributed by atoms with van der Waals surface area (Å²) in [6.45, 7) is 0.0991. The molecule has 0 radical (unpaired) electrons. The van der Waals surface area contributed by atoms with Crippen LogP contribution in [0, 0.1) is 0 Å². The molecule has 13 heteroatoms. The summed E-state index contributed by atoms with van der Waals surface area (Å²) < 4.78 is 1.63. The fourth-order valence-electron chi connectivity index (χ4n) is 2.69. The second kappa shape index (κ2) is 10.2. The van der Waals surface area contributed by atoms with Crippen molar-refractivity contribution >= 4 is 90.0 Å². The van der Waals surface area contributed by atoms with Crippen molar-refractivity contribution in [1.29, 1.82) is 0 Å². The first kappa shape index (κ1) is 23.8. The maximum Gasteiger partial charge on any atom is 0.411 e. The molecule has 0 aliphatic heterocycles. The lowest BCUT2D eigenvalue weighted by atomic mass is 10.2. The monoisotopic (exact) mass is 609 g/mol. The quantitative estimate of drug-likeness (QED) is 0.327. The molecule has 0 atom stereocenters. The number of nitrogens with one attached hydrogen (secondary N) is 1. The molecule has 2 heterocycles. The van der Waals surface area contributed by atoms with E-state index >= 15 is 0 Å². The van der Waals surface area contributed by atoms with E-state index in [2.05, 4.69) is 47.3 Å². The Kier molecular flexibility index (Phi) is 7.82. The van der Waals surface area contributed by atoms with E-state index in [0.29, 0.717) is 9.93 Å². The van der Waals surface area contributed by atoms with E-state index in [1.54, 1.807) is 12.1 Å². The van der Waals surface area contributed by atoms with Crippen LogP contribution in [-0.2, 0) is 0 Å². The SMILES string of the molecule is O=C(Nc1c(Cl)cc(Cl)cc1N(CCBr)C(=O)O)c1cc(Br)nn1-c1ncccc1Cl. The van der Waals surface area contributed by atoms with Crippen molar-refractivity contribution in [2.24, 2.45) is 0 Å². The van der Waals surface area contributed by atoms with Gasteiger partial charge in [0.05, 0.1) is 21.4 Å². The van der Waals surface area contributed by atoms with Gasteiger partial charge in [-0.05, 0) is 40.2 Å². The van der Waals surface area contributed by atoms with Gasteiger partial charge in [0.15, 0.2) is 5.82 Å². The summed E-state index contributed by atoms with van der Waals surface area (Å²) in [6, 6.07) is 7.54. The molecular weight excluding hydrogens is 600 g/mol. The summed E-state index contributed by atoms with van der Waals surface area (Å²) in [5.74, 6) is -0.372. The molecule has 0 aliphatic carbocycles. The van der Waals surface area contributed by atoms with Crippen LogP contribution in [0.2, 0.25) is 15.1 Å². The summed E-state index contributed by atoms with van der Waals surface area (Å²) in [5.41, 5.74) is 0.293. The Hall–Kier alpha value is -1.85. The molecular formula is C18H12Br2Cl3N5O3. The third-order valence-electron chi connectivity index (χ3n) is 3.95. The highest BCUT2D eigenvalue weighted by molar-refractivity contribution is 9.10. The number of pyridine rings is 1. The van der Waals surface area contributed by atoms with Gasteiger partial charge in [0.2, 0.25) is 0 Å². The molecule has 3 rings (SSSR count). The van der Waals surface area contributed by atoms with Crippen molar-refractivity contribution in [3.8, 4) is 5.82 Å². The molecule has 0 spiro atoms. The second-order valence-corrected chi connectivity index (χ2v) is 8.79. The van der Waals surface area contributed by atoms with Crippen molar-refractivity contribution in [3.63, 3.8) is 0 Å². The molecule has 3 aromatic rings. The number of amides is 2. The number of nitrogens with zero attached hydrogens (tertiary/aromatic N) is 4. The Morgan fingerprint density at radius 1 is 1.19 bits per heavy atom. The Balaban J connectivity index is 2.06. The number of carboxylic acid groups (broad SMARTS) is 1. The van der Waals surface area contributed by atoms with Gasteiger partial charge in [0, 0.05) is 29.2 Å². The van der Waals surface area contributed by atoms with Crippen LogP contribution >= 0.6 is 66.7 Å². The number of benzene rings is 1. The average molecular weight is 612 g/mol. The van der Waals surface area contributed by atoms with E-state index in [-0.39, 0.29) is 44.5 Å². The number of rotatable bonds is 6. The first-order valence-electron chi connectivity index (χ1n) is 8.46. The number of hydrogen-bond donors (Lipinski definition) is 2. The van der Waals surface area contributed by atoms with Crippen molar-refractivity contribution in [1.82, 2.24) is 14.8 Å². The predicted octanol–water partition coefficient (Wildman–Crippen LogP) is 6.12. The minimum absolute atomic E-state index is 0.0673. The number of alkyl halides is 1. The molecule has 2 N–H and O–H groups in total. The number of hydrogen-bond acceptors (Lipinski definition) is 4. The lowest BCUT2D eigenvalue weighted by Gasteiger charge is -2.23. The molecule has 2 amide bonds. The third-order valence-corrected chi connectivity index (χ3v) is 5.51. The van der Waals surface area contributed by atoms with Gasteiger partial charge in [-0.15, -0.1) is 0 Å². The van der Waals surface area contributed by atoms with Crippen LogP contribution in [0.3, 0.4) is 0 Å². The Morgan fingerprint density at radius 3 is 2.58 bits per heavy atom. The third kappa shape index (κ3) is 5.32. The largest absolute Gasteiger partial charge is 0.465 e. The highest BCUT2D eigenvalue weighted by Crippen LogP contribution is 2.37. The normalized spacial score (nSPS) is 10.7. The fraction of sp³-hybridized carbons (Fsp3) is 0.111. The molecule has 0 aliphatic rings.